The first-order valence-corrected chi connectivity index (χ1v) is 13.4. The lowest BCUT2D eigenvalue weighted by Crippen LogP contribution is -2.54. The van der Waals surface area contributed by atoms with Crippen LogP contribution in [0.5, 0.6) is 0 Å². The topological polar surface area (TPSA) is 87.7 Å². The summed E-state index contributed by atoms with van der Waals surface area (Å²) < 4.78 is 71.6. The molecule has 0 bridgehead atoms. The van der Waals surface area contributed by atoms with Gasteiger partial charge in [0.05, 0.1) is 5.52 Å². The van der Waals surface area contributed by atoms with Gasteiger partial charge in [-0.15, -0.1) is 13.2 Å². The summed E-state index contributed by atoms with van der Waals surface area (Å²) in [6, 6.07) is 7.71. The molecule has 0 spiro atoms. The van der Waals surface area contributed by atoms with Crippen molar-refractivity contribution in [3.63, 3.8) is 0 Å². The molecule has 2 heterocycles. The van der Waals surface area contributed by atoms with Crippen LogP contribution in [0.15, 0.2) is 48.0 Å². The van der Waals surface area contributed by atoms with Crippen LogP contribution in [-0.4, -0.2) is 81.5 Å². The van der Waals surface area contributed by atoms with Crippen LogP contribution in [0.4, 0.5) is 24.9 Å². The number of benzene rings is 1. The number of aromatic nitrogens is 2. The Morgan fingerprint density at radius 2 is 1.89 bits per heavy atom. The number of alkyl halides is 3. The molecule has 1 saturated heterocycles. The second-order valence-electron chi connectivity index (χ2n) is 9.71. The molecule has 8 nitrogen and oxygen atoms in total. The van der Waals surface area contributed by atoms with Gasteiger partial charge < -0.3 is 10.2 Å². The van der Waals surface area contributed by atoms with Gasteiger partial charge in [-0.1, -0.05) is 35.8 Å². The van der Waals surface area contributed by atoms with Gasteiger partial charge in [0.15, 0.2) is 0 Å². The first-order valence-electron chi connectivity index (χ1n) is 11.9. The highest BCUT2D eigenvalue weighted by atomic mass is 32.2. The van der Waals surface area contributed by atoms with Gasteiger partial charge in [-0.05, 0) is 37.8 Å². The third-order valence-corrected chi connectivity index (χ3v) is 8.98. The molecular weight excluding hydrogens is 506 g/mol. The van der Waals surface area contributed by atoms with Gasteiger partial charge in [0.2, 0.25) is 16.0 Å². The van der Waals surface area contributed by atoms with Crippen LogP contribution in [0, 0.1) is 5.92 Å². The monoisotopic (exact) mass is 535 g/mol. The minimum absolute atomic E-state index is 0.0105. The Bertz CT molecular complexity index is 1310. The van der Waals surface area contributed by atoms with Crippen molar-refractivity contribution in [2.75, 3.05) is 43.9 Å². The predicted molar refractivity (Wildman–Crippen MR) is 138 cm³/mol. The number of nitrogens with zero attached hydrogens (tertiary/aromatic N) is 4. The van der Waals surface area contributed by atoms with E-state index >= 15 is 0 Å². The van der Waals surface area contributed by atoms with E-state index in [0.29, 0.717) is 25.3 Å². The molecule has 2 radical (unpaired) electrons. The number of fused-ring (bicyclic) bond motifs is 1. The standard InChI is InChI=1S/C24H29BF3N5O3S/c1-23(36-24(26,27)28)14-17(25)8-9-20(23)37(34,35)33-12-10-16(11-13-33)15-29-22-30-19-7-5-4-6-18(19)21(31-22)32(2)3/h4-9,14,16,20H,10-13,15H2,1-3H3,(H,29,30,31). The molecule has 1 aliphatic carbocycles. The Hall–Kier alpha value is -2.64. The number of sulfonamides is 1. The van der Waals surface area contributed by atoms with Gasteiger partial charge in [-0.2, -0.15) is 4.98 Å². The quantitative estimate of drug-likeness (QED) is 0.544. The van der Waals surface area contributed by atoms with E-state index in [1.807, 2.05) is 43.3 Å². The van der Waals surface area contributed by atoms with Crippen LogP contribution in [-0.2, 0) is 14.8 Å². The minimum atomic E-state index is -5.03. The number of halogens is 3. The normalized spacial score (nSPS) is 23.7. The number of para-hydroxylation sites is 1. The number of ether oxygens (including phenoxy) is 1. The van der Waals surface area contributed by atoms with Crippen molar-refractivity contribution >= 4 is 40.5 Å². The fourth-order valence-electron chi connectivity index (χ4n) is 4.83. The van der Waals surface area contributed by atoms with Crippen molar-refractivity contribution in [1.82, 2.24) is 14.3 Å². The van der Waals surface area contributed by atoms with E-state index in [-0.39, 0.29) is 24.5 Å². The number of allylic oxidation sites excluding steroid dienone is 2. The van der Waals surface area contributed by atoms with Gasteiger partial charge in [-0.25, -0.2) is 17.7 Å². The number of anilines is 2. The molecule has 198 valence electrons. The van der Waals surface area contributed by atoms with Gasteiger partial charge in [0.1, 0.15) is 24.5 Å². The summed E-state index contributed by atoms with van der Waals surface area (Å²) in [5.74, 6) is 1.40. The number of hydrogen-bond acceptors (Lipinski definition) is 7. The largest absolute Gasteiger partial charge is 0.523 e. The summed E-state index contributed by atoms with van der Waals surface area (Å²) in [4.78, 5) is 11.1. The second-order valence-corrected chi connectivity index (χ2v) is 11.8. The second kappa shape index (κ2) is 10.3. The summed E-state index contributed by atoms with van der Waals surface area (Å²) in [5, 5.41) is 2.65. The zero-order valence-electron chi connectivity index (χ0n) is 20.9. The molecule has 4 rings (SSSR count). The van der Waals surface area contributed by atoms with Crippen LogP contribution >= 0.6 is 0 Å². The summed E-state index contributed by atoms with van der Waals surface area (Å²) >= 11 is 0. The number of rotatable bonds is 7. The van der Waals surface area contributed by atoms with Gasteiger partial charge in [0, 0.05) is 39.1 Å². The Morgan fingerprint density at radius 1 is 1.22 bits per heavy atom. The molecule has 0 saturated carbocycles. The van der Waals surface area contributed by atoms with Gasteiger partial charge in [-0.3, -0.25) is 4.74 Å². The molecule has 0 amide bonds. The molecule has 2 aliphatic rings. The zero-order chi connectivity index (χ0) is 27.0. The molecule has 1 N–H and O–H groups in total. The maximum atomic E-state index is 13.4. The zero-order valence-corrected chi connectivity index (χ0v) is 21.7. The van der Waals surface area contributed by atoms with Gasteiger partial charge >= 0.3 is 6.36 Å². The van der Waals surface area contributed by atoms with Crippen LogP contribution in [0.1, 0.15) is 19.8 Å². The number of nitrogens with one attached hydrogen (secondary N) is 1. The van der Waals surface area contributed by atoms with Crippen LogP contribution in [0.3, 0.4) is 0 Å². The first-order chi connectivity index (χ1) is 17.3. The molecule has 1 aliphatic heterocycles. The Kier molecular flexibility index (Phi) is 7.60. The lowest BCUT2D eigenvalue weighted by atomic mass is 9.83. The summed E-state index contributed by atoms with van der Waals surface area (Å²) in [5.41, 5.74) is -1.36. The van der Waals surface area contributed by atoms with Crippen molar-refractivity contribution < 1.29 is 26.3 Å². The lowest BCUT2D eigenvalue weighted by molar-refractivity contribution is -0.354. The average molecular weight is 535 g/mol. The van der Waals surface area contributed by atoms with Crippen LogP contribution < -0.4 is 10.2 Å². The van der Waals surface area contributed by atoms with E-state index in [9.17, 15) is 21.6 Å². The molecule has 2 unspecified atom stereocenters. The van der Waals surface area contributed by atoms with E-state index in [1.165, 1.54) is 16.5 Å². The molecule has 1 aromatic carbocycles. The van der Waals surface area contributed by atoms with E-state index in [0.717, 1.165) is 29.7 Å². The van der Waals surface area contributed by atoms with Crippen molar-refractivity contribution in [3.05, 3.63) is 48.0 Å². The first kappa shape index (κ1) is 27.4. The van der Waals surface area contributed by atoms with E-state index in [1.54, 1.807) is 0 Å². The maximum Gasteiger partial charge on any atom is 0.523 e. The predicted octanol–water partition coefficient (Wildman–Crippen LogP) is 3.44. The molecule has 2 atom stereocenters. The highest BCUT2D eigenvalue weighted by Gasteiger charge is 2.51. The SMILES string of the molecule is [B]C1=CC(C)(OC(F)(F)F)C(S(=O)(=O)N2CCC(CNc3nc(N(C)C)c4ccccc4n3)CC2)C=C1. The van der Waals surface area contributed by atoms with Crippen LogP contribution in [0.2, 0.25) is 0 Å². The molecule has 1 fully saturated rings. The van der Waals surface area contributed by atoms with Crippen LogP contribution in [0.25, 0.3) is 10.9 Å². The summed E-state index contributed by atoms with van der Waals surface area (Å²) in [7, 11) is 5.34. The summed E-state index contributed by atoms with van der Waals surface area (Å²) in [6.07, 6.45) is -0.488. The van der Waals surface area contributed by atoms with Gasteiger partial charge in [0.25, 0.3) is 0 Å². The highest BCUT2D eigenvalue weighted by Crippen LogP contribution is 2.37. The van der Waals surface area contributed by atoms with E-state index in [4.69, 9.17) is 7.85 Å². The third kappa shape index (κ3) is 6.10. The molecular formula is C24H29BF3N5O3S. The molecule has 13 heteroatoms. The number of piperidine rings is 1. The minimum Gasteiger partial charge on any atom is -0.362 e. The summed E-state index contributed by atoms with van der Waals surface area (Å²) in [6.45, 7) is 1.99. The lowest BCUT2D eigenvalue weighted by Gasteiger charge is -2.40. The van der Waals surface area contributed by atoms with Crippen molar-refractivity contribution in [3.8, 4) is 0 Å². The average Bonchev–Trinajstić information content (AvgIpc) is 2.80. The highest BCUT2D eigenvalue weighted by molar-refractivity contribution is 7.90. The Labute approximate surface area is 216 Å². The molecule has 2 aromatic rings. The van der Waals surface area contributed by atoms with Crippen molar-refractivity contribution in [1.29, 1.82) is 0 Å². The fourth-order valence-corrected chi connectivity index (χ4v) is 6.85. The Morgan fingerprint density at radius 3 is 2.54 bits per heavy atom. The van der Waals surface area contributed by atoms with E-state index in [2.05, 4.69) is 20.0 Å². The smallest absolute Gasteiger partial charge is 0.362 e. The van der Waals surface area contributed by atoms with Crippen molar-refractivity contribution in [2.45, 2.75) is 37.0 Å². The Balaban J connectivity index is 1.42. The molecule has 1 aromatic heterocycles. The number of hydrogen-bond donors (Lipinski definition) is 1. The molecule has 37 heavy (non-hydrogen) atoms. The van der Waals surface area contributed by atoms with E-state index < -0.39 is 27.2 Å². The maximum absolute atomic E-state index is 13.4. The third-order valence-electron chi connectivity index (χ3n) is 6.63. The fraction of sp³-hybridized carbons (Fsp3) is 0.500. The van der Waals surface area contributed by atoms with Crippen molar-refractivity contribution in [2.24, 2.45) is 5.92 Å².